The Balaban J connectivity index is 1.65. The van der Waals surface area contributed by atoms with Gasteiger partial charge in [-0.3, -0.25) is 4.68 Å². The summed E-state index contributed by atoms with van der Waals surface area (Å²) in [4.78, 5) is 11.0. The van der Waals surface area contributed by atoms with E-state index in [0.29, 0.717) is 5.95 Å². The highest BCUT2D eigenvalue weighted by Crippen LogP contribution is 2.21. The van der Waals surface area contributed by atoms with E-state index in [1.165, 1.54) is 11.3 Å². The lowest BCUT2D eigenvalue weighted by molar-refractivity contribution is 0.766. The van der Waals surface area contributed by atoms with Crippen molar-refractivity contribution in [3.05, 3.63) is 54.5 Å². The zero-order valence-electron chi connectivity index (χ0n) is 14.3. The molecule has 3 aromatic rings. The SMILES string of the molecule is CN(C)c1ccc(-c2ccnc(NCCc3cnn(C)c3)n2)cc1. The molecule has 3 rings (SSSR count). The molecule has 1 N–H and O–H groups in total. The van der Waals surface area contributed by atoms with E-state index in [1.54, 1.807) is 6.20 Å². The molecule has 6 heteroatoms. The summed E-state index contributed by atoms with van der Waals surface area (Å²) in [5.74, 6) is 0.646. The van der Waals surface area contributed by atoms with Gasteiger partial charge in [0.25, 0.3) is 0 Å². The van der Waals surface area contributed by atoms with Gasteiger partial charge >= 0.3 is 0 Å². The summed E-state index contributed by atoms with van der Waals surface area (Å²) in [6.07, 6.45) is 6.57. The first kappa shape index (κ1) is 16.0. The van der Waals surface area contributed by atoms with Crippen molar-refractivity contribution in [1.29, 1.82) is 0 Å². The van der Waals surface area contributed by atoms with E-state index < -0.39 is 0 Å². The molecule has 0 atom stereocenters. The van der Waals surface area contributed by atoms with Crippen LogP contribution in [0.25, 0.3) is 11.3 Å². The van der Waals surface area contributed by atoms with Crippen LogP contribution >= 0.6 is 0 Å². The van der Waals surface area contributed by atoms with Crippen LogP contribution in [0, 0.1) is 0 Å². The van der Waals surface area contributed by atoms with Crippen molar-refractivity contribution in [2.24, 2.45) is 7.05 Å². The van der Waals surface area contributed by atoms with E-state index in [0.717, 1.165) is 24.2 Å². The highest BCUT2D eigenvalue weighted by atomic mass is 15.2. The summed E-state index contributed by atoms with van der Waals surface area (Å²) < 4.78 is 1.81. The summed E-state index contributed by atoms with van der Waals surface area (Å²) in [6.45, 7) is 0.773. The smallest absolute Gasteiger partial charge is 0.223 e. The molecule has 6 nitrogen and oxygen atoms in total. The number of benzene rings is 1. The van der Waals surface area contributed by atoms with E-state index in [9.17, 15) is 0 Å². The van der Waals surface area contributed by atoms with Gasteiger partial charge in [0.15, 0.2) is 0 Å². The van der Waals surface area contributed by atoms with Crippen LogP contribution in [0.3, 0.4) is 0 Å². The lowest BCUT2D eigenvalue weighted by atomic mass is 10.1. The van der Waals surface area contributed by atoms with Crippen LogP contribution in [0.2, 0.25) is 0 Å². The number of nitrogens with one attached hydrogen (secondary N) is 1. The molecule has 0 spiro atoms. The first-order valence-corrected chi connectivity index (χ1v) is 7.94. The van der Waals surface area contributed by atoms with Crippen LogP contribution in [0.15, 0.2) is 48.9 Å². The van der Waals surface area contributed by atoms with Gasteiger partial charge in [-0.2, -0.15) is 5.10 Å². The van der Waals surface area contributed by atoms with Crippen molar-refractivity contribution in [2.75, 3.05) is 30.9 Å². The Morgan fingerprint density at radius 2 is 1.92 bits per heavy atom. The van der Waals surface area contributed by atoms with Crippen LogP contribution in [0.4, 0.5) is 11.6 Å². The second-order valence-corrected chi connectivity index (χ2v) is 5.91. The Morgan fingerprint density at radius 1 is 1.12 bits per heavy atom. The number of anilines is 2. The summed E-state index contributed by atoms with van der Waals surface area (Å²) >= 11 is 0. The van der Waals surface area contributed by atoms with Crippen LogP contribution in [-0.4, -0.2) is 40.4 Å². The largest absolute Gasteiger partial charge is 0.378 e. The third-order valence-corrected chi connectivity index (χ3v) is 3.79. The van der Waals surface area contributed by atoms with Gasteiger partial charge < -0.3 is 10.2 Å². The number of hydrogen-bond acceptors (Lipinski definition) is 5. The van der Waals surface area contributed by atoms with Gasteiger partial charge in [0.05, 0.1) is 11.9 Å². The van der Waals surface area contributed by atoms with Crippen molar-refractivity contribution in [1.82, 2.24) is 19.7 Å². The summed E-state index contributed by atoms with van der Waals surface area (Å²) in [6, 6.07) is 10.3. The summed E-state index contributed by atoms with van der Waals surface area (Å²) in [5.41, 5.74) is 4.36. The molecular weight excluding hydrogens is 300 g/mol. The standard InChI is InChI=1S/C18H22N6/c1-23(2)16-6-4-15(5-7-16)17-9-11-20-18(22-17)19-10-8-14-12-21-24(3)13-14/h4-7,9,11-13H,8,10H2,1-3H3,(H,19,20,22). The number of nitrogens with zero attached hydrogens (tertiary/aromatic N) is 5. The van der Waals surface area contributed by atoms with Crippen molar-refractivity contribution in [2.45, 2.75) is 6.42 Å². The van der Waals surface area contributed by atoms with Crippen molar-refractivity contribution in [3.8, 4) is 11.3 Å². The maximum absolute atomic E-state index is 4.60. The molecule has 0 radical (unpaired) electrons. The Bertz CT molecular complexity index is 791. The Labute approximate surface area is 142 Å². The van der Waals surface area contributed by atoms with Gasteiger partial charge in [-0.25, -0.2) is 9.97 Å². The zero-order valence-corrected chi connectivity index (χ0v) is 14.3. The van der Waals surface area contributed by atoms with Gasteiger partial charge in [0, 0.05) is 51.3 Å². The fraction of sp³-hybridized carbons (Fsp3) is 0.278. The average Bonchev–Trinajstić information content (AvgIpc) is 3.00. The highest BCUT2D eigenvalue weighted by Gasteiger charge is 2.04. The quantitative estimate of drug-likeness (QED) is 0.756. The molecule has 1 aromatic carbocycles. The monoisotopic (exact) mass is 322 g/mol. The normalized spacial score (nSPS) is 10.6. The summed E-state index contributed by atoms with van der Waals surface area (Å²) in [7, 11) is 5.99. The molecule has 2 aromatic heterocycles. The topological polar surface area (TPSA) is 58.9 Å². The molecule has 0 bridgehead atoms. The molecule has 0 aliphatic heterocycles. The lowest BCUT2D eigenvalue weighted by Crippen LogP contribution is -2.08. The van der Waals surface area contributed by atoms with Gasteiger partial charge in [-0.1, -0.05) is 12.1 Å². The van der Waals surface area contributed by atoms with Gasteiger partial charge in [-0.05, 0) is 30.2 Å². The predicted octanol–water partition coefficient (Wildman–Crippen LogP) is 2.60. The van der Waals surface area contributed by atoms with Gasteiger partial charge in [0.2, 0.25) is 5.95 Å². The lowest BCUT2D eigenvalue weighted by Gasteiger charge is -2.12. The molecule has 0 saturated heterocycles. The van der Waals surface area contributed by atoms with Crippen molar-refractivity contribution in [3.63, 3.8) is 0 Å². The molecule has 0 unspecified atom stereocenters. The van der Waals surface area contributed by atoms with Crippen LogP contribution in [0.5, 0.6) is 0 Å². The molecule has 0 saturated carbocycles. The van der Waals surface area contributed by atoms with E-state index in [2.05, 4.69) is 49.5 Å². The Hall–Kier alpha value is -2.89. The minimum Gasteiger partial charge on any atom is -0.378 e. The maximum Gasteiger partial charge on any atom is 0.223 e. The number of hydrogen-bond donors (Lipinski definition) is 1. The van der Waals surface area contributed by atoms with Gasteiger partial charge in [-0.15, -0.1) is 0 Å². The van der Waals surface area contributed by atoms with Crippen LogP contribution in [-0.2, 0) is 13.5 Å². The average molecular weight is 322 g/mol. The molecule has 24 heavy (non-hydrogen) atoms. The molecule has 0 amide bonds. The number of rotatable bonds is 6. The van der Waals surface area contributed by atoms with Crippen LogP contribution < -0.4 is 10.2 Å². The Kier molecular flexibility index (Phi) is 4.74. The maximum atomic E-state index is 4.60. The Morgan fingerprint density at radius 3 is 2.58 bits per heavy atom. The molecule has 2 heterocycles. The third-order valence-electron chi connectivity index (χ3n) is 3.79. The fourth-order valence-corrected chi connectivity index (χ4v) is 2.45. The molecular formula is C18H22N6. The minimum atomic E-state index is 0.646. The molecule has 0 fully saturated rings. The first-order chi connectivity index (χ1) is 11.6. The second-order valence-electron chi connectivity index (χ2n) is 5.91. The summed E-state index contributed by atoms with van der Waals surface area (Å²) in [5, 5.41) is 7.44. The van der Waals surface area contributed by atoms with E-state index in [1.807, 2.05) is 44.3 Å². The van der Waals surface area contributed by atoms with Gasteiger partial charge in [0.1, 0.15) is 0 Å². The minimum absolute atomic E-state index is 0.646. The van der Waals surface area contributed by atoms with E-state index in [-0.39, 0.29) is 0 Å². The second kappa shape index (κ2) is 7.12. The number of aryl methyl sites for hydroxylation is 1. The first-order valence-electron chi connectivity index (χ1n) is 7.94. The molecule has 0 aliphatic rings. The fourth-order valence-electron chi connectivity index (χ4n) is 2.45. The van der Waals surface area contributed by atoms with E-state index in [4.69, 9.17) is 0 Å². The third kappa shape index (κ3) is 3.90. The van der Waals surface area contributed by atoms with Crippen LogP contribution in [0.1, 0.15) is 5.56 Å². The zero-order chi connectivity index (χ0) is 16.9. The highest BCUT2D eigenvalue weighted by molar-refractivity contribution is 5.63. The number of aromatic nitrogens is 4. The van der Waals surface area contributed by atoms with Crippen molar-refractivity contribution >= 4 is 11.6 Å². The van der Waals surface area contributed by atoms with Crippen molar-refractivity contribution < 1.29 is 0 Å². The predicted molar refractivity (Wildman–Crippen MR) is 97.2 cm³/mol. The molecule has 0 aliphatic carbocycles. The van der Waals surface area contributed by atoms with E-state index >= 15 is 0 Å². The molecule has 124 valence electrons.